The Balaban J connectivity index is 0.00000208. The van der Waals surface area contributed by atoms with E-state index >= 15 is 0 Å². The van der Waals surface area contributed by atoms with Gasteiger partial charge in [0.1, 0.15) is 0 Å². The molecule has 0 saturated carbocycles. The van der Waals surface area contributed by atoms with E-state index in [1.165, 1.54) is 18.4 Å². The van der Waals surface area contributed by atoms with E-state index in [1.807, 2.05) is 6.07 Å². The SMILES string of the molecule is CN(C)S(=O)(=O)c1ccc2c(c1)N(Cc1noc(CN)n1)CC2.Cl. The Morgan fingerprint density at radius 1 is 1.38 bits per heavy atom. The van der Waals surface area contributed by atoms with Crippen LogP contribution in [-0.4, -0.2) is 43.5 Å². The van der Waals surface area contributed by atoms with E-state index in [0.29, 0.717) is 18.3 Å². The van der Waals surface area contributed by atoms with Gasteiger partial charge in [0, 0.05) is 26.3 Å². The number of nitrogens with zero attached hydrogens (tertiary/aromatic N) is 4. The predicted molar refractivity (Wildman–Crippen MR) is 91.5 cm³/mol. The van der Waals surface area contributed by atoms with Gasteiger partial charge in [-0.15, -0.1) is 12.4 Å². The summed E-state index contributed by atoms with van der Waals surface area (Å²) in [6, 6.07) is 5.23. The zero-order chi connectivity index (χ0) is 16.6. The molecule has 0 bridgehead atoms. The van der Waals surface area contributed by atoms with Crippen LogP contribution in [0.1, 0.15) is 17.3 Å². The summed E-state index contributed by atoms with van der Waals surface area (Å²) in [5.74, 6) is 0.933. The molecule has 1 aromatic heterocycles. The summed E-state index contributed by atoms with van der Waals surface area (Å²) < 4.78 is 30.8. The van der Waals surface area contributed by atoms with Crippen LogP contribution in [0, 0.1) is 0 Å². The molecule has 0 fully saturated rings. The standard InChI is InChI=1S/C14H19N5O3S.ClH/c1-18(2)23(20,21)11-4-3-10-5-6-19(12(10)7-11)9-13-16-14(8-15)22-17-13;/h3-4,7H,5-6,8-9,15H2,1-2H3;1H. The van der Waals surface area contributed by atoms with Crippen molar-refractivity contribution in [3.63, 3.8) is 0 Å². The molecule has 2 N–H and O–H groups in total. The monoisotopic (exact) mass is 373 g/mol. The molecule has 3 rings (SSSR count). The van der Waals surface area contributed by atoms with E-state index in [1.54, 1.807) is 12.1 Å². The van der Waals surface area contributed by atoms with Gasteiger partial charge in [0.2, 0.25) is 15.9 Å². The lowest BCUT2D eigenvalue weighted by molar-refractivity contribution is 0.374. The second-order valence-corrected chi connectivity index (χ2v) is 7.71. The van der Waals surface area contributed by atoms with E-state index in [2.05, 4.69) is 15.0 Å². The van der Waals surface area contributed by atoms with Gasteiger partial charge in [-0.05, 0) is 24.1 Å². The van der Waals surface area contributed by atoms with Gasteiger partial charge in [-0.3, -0.25) is 0 Å². The van der Waals surface area contributed by atoms with Crippen LogP contribution in [0.2, 0.25) is 0 Å². The molecule has 0 saturated heterocycles. The Bertz CT molecular complexity index is 822. The maximum Gasteiger partial charge on any atom is 0.242 e. The molecule has 132 valence electrons. The van der Waals surface area contributed by atoms with E-state index in [4.69, 9.17) is 10.3 Å². The second-order valence-electron chi connectivity index (χ2n) is 5.56. The number of rotatable bonds is 5. The minimum atomic E-state index is -3.45. The van der Waals surface area contributed by atoms with Gasteiger partial charge in [0.25, 0.3) is 0 Å². The van der Waals surface area contributed by atoms with Crippen molar-refractivity contribution < 1.29 is 12.9 Å². The van der Waals surface area contributed by atoms with Crippen LogP contribution in [0.3, 0.4) is 0 Å². The van der Waals surface area contributed by atoms with Gasteiger partial charge in [-0.25, -0.2) is 12.7 Å². The summed E-state index contributed by atoms with van der Waals surface area (Å²) in [6.07, 6.45) is 0.860. The maximum absolute atomic E-state index is 12.3. The fourth-order valence-electron chi connectivity index (χ4n) is 2.57. The summed E-state index contributed by atoms with van der Waals surface area (Å²) in [5, 5.41) is 3.89. The van der Waals surface area contributed by atoms with Crippen molar-refractivity contribution in [1.29, 1.82) is 0 Å². The van der Waals surface area contributed by atoms with Crippen LogP contribution in [0.15, 0.2) is 27.6 Å². The molecule has 0 unspecified atom stereocenters. The molecule has 1 aromatic carbocycles. The smallest absolute Gasteiger partial charge is 0.242 e. The van der Waals surface area contributed by atoms with Gasteiger partial charge in [-0.1, -0.05) is 11.2 Å². The van der Waals surface area contributed by atoms with E-state index in [-0.39, 0.29) is 23.8 Å². The highest BCUT2D eigenvalue weighted by molar-refractivity contribution is 7.89. The summed E-state index contributed by atoms with van der Waals surface area (Å²) in [7, 11) is -0.411. The summed E-state index contributed by atoms with van der Waals surface area (Å²) in [5.41, 5.74) is 7.47. The van der Waals surface area contributed by atoms with Crippen molar-refractivity contribution in [2.75, 3.05) is 25.5 Å². The topological polar surface area (TPSA) is 106 Å². The molecule has 1 aliphatic heterocycles. The van der Waals surface area contributed by atoms with Crippen molar-refractivity contribution in [1.82, 2.24) is 14.4 Å². The molecule has 0 spiro atoms. The number of fused-ring (bicyclic) bond motifs is 1. The van der Waals surface area contributed by atoms with Crippen molar-refractivity contribution in [3.05, 3.63) is 35.5 Å². The molecule has 0 aliphatic carbocycles. The van der Waals surface area contributed by atoms with Crippen LogP contribution in [0.25, 0.3) is 0 Å². The molecule has 2 heterocycles. The lowest BCUT2D eigenvalue weighted by atomic mass is 10.2. The van der Waals surface area contributed by atoms with E-state index < -0.39 is 10.0 Å². The second kappa shape index (κ2) is 7.06. The summed E-state index contributed by atoms with van der Waals surface area (Å²) in [6.45, 7) is 1.45. The van der Waals surface area contributed by atoms with Crippen LogP contribution < -0.4 is 10.6 Å². The highest BCUT2D eigenvalue weighted by atomic mass is 35.5. The third-order valence-electron chi connectivity index (χ3n) is 3.84. The van der Waals surface area contributed by atoms with Crippen LogP contribution in [-0.2, 0) is 29.5 Å². The molecule has 2 aromatic rings. The number of benzene rings is 1. The first-order valence-electron chi connectivity index (χ1n) is 7.23. The van der Waals surface area contributed by atoms with Crippen LogP contribution in [0.4, 0.5) is 5.69 Å². The first-order valence-corrected chi connectivity index (χ1v) is 8.68. The number of aromatic nitrogens is 2. The Labute approximate surface area is 147 Å². The first kappa shape index (κ1) is 18.7. The maximum atomic E-state index is 12.3. The van der Waals surface area contributed by atoms with Crippen molar-refractivity contribution in [2.45, 2.75) is 24.4 Å². The Morgan fingerprint density at radius 2 is 2.12 bits per heavy atom. The molecule has 1 aliphatic rings. The van der Waals surface area contributed by atoms with Gasteiger partial charge >= 0.3 is 0 Å². The molecule has 0 atom stereocenters. The lowest BCUT2D eigenvalue weighted by Crippen LogP contribution is -2.23. The Morgan fingerprint density at radius 3 is 2.75 bits per heavy atom. The average molecular weight is 374 g/mol. The number of hydrogen-bond acceptors (Lipinski definition) is 7. The number of anilines is 1. The van der Waals surface area contributed by atoms with Gasteiger partial charge in [-0.2, -0.15) is 4.98 Å². The molecule has 10 heteroatoms. The fraction of sp³-hybridized carbons (Fsp3) is 0.429. The van der Waals surface area contributed by atoms with Gasteiger partial charge in [0.15, 0.2) is 5.82 Å². The normalized spacial score (nSPS) is 13.9. The zero-order valence-electron chi connectivity index (χ0n) is 13.5. The van der Waals surface area contributed by atoms with Crippen LogP contribution >= 0.6 is 12.4 Å². The Kier molecular flexibility index (Phi) is 5.49. The van der Waals surface area contributed by atoms with E-state index in [0.717, 1.165) is 24.2 Å². The van der Waals surface area contributed by atoms with Gasteiger partial charge < -0.3 is 15.2 Å². The Hall–Kier alpha value is -1.68. The summed E-state index contributed by atoms with van der Waals surface area (Å²) in [4.78, 5) is 6.53. The van der Waals surface area contributed by atoms with Crippen molar-refractivity contribution in [2.24, 2.45) is 5.73 Å². The molecule has 0 amide bonds. The number of halogens is 1. The van der Waals surface area contributed by atoms with Crippen LogP contribution in [0.5, 0.6) is 0 Å². The number of nitrogens with two attached hydrogens (primary N) is 1. The lowest BCUT2D eigenvalue weighted by Gasteiger charge is -2.19. The third-order valence-corrected chi connectivity index (χ3v) is 5.66. The quantitative estimate of drug-likeness (QED) is 0.824. The van der Waals surface area contributed by atoms with Crippen molar-refractivity contribution >= 4 is 28.1 Å². The largest absolute Gasteiger partial charge is 0.363 e. The zero-order valence-corrected chi connectivity index (χ0v) is 15.1. The molecule has 24 heavy (non-hydrogen) atoms. The first-order chi connectivity index (χ1) is 10.9. The van der Waals surface area contributed by atoms with Crippen molar-refractivity contribution in [3.8, 4) is 0 Å². The number of sulfonamides is 1. The summed E-state index contributed by atoms with van der Waals surface area (Å²) >= 11 is 0. The fourth-order valence-corrected chi connectivity index (χ4v) is 3.49. The molecular weight excluding hydrogens is 354 g/mol. The molecular formula is C14H20ClN5O3S. The third kappa shape index (κ3) is 3.39. The molecule has 8 nitrogen and oxygen atoms in total. The minimum Gasteiger partial charge on any atom is -0.363 e. The number of hydrogen-bond donors (Lipinski definition) is 1. The van der Waals surface area contributed by atoms with E-state index in [9.17, 15) is 8.42 Å². The highest BCUT2D eigenvalue weighted by Crippen LogP contribution is 2.32. The minimum absolute atomic E-state index is 0. The highest BCUT2D eigenvalue weighted by Gasteiger charge is 2.25. The molecule has 0 radical (unpaired) electrons. The van der Waals surface area contributed by atoms with Gasteiger partial charge in [0.05, 0.1) is 18.0 Å². The average Bonchev–Trinajstić information content (AvgIpc) is 3.14. The predicted octanol–water partition coefficient (Wildman–Crippen LogP) is 0.763.